The van der Waals surface area contributed by atoms with Gasteiger partial charge in [0.15, 0.2) is 0 Å². The highest BCUT2D eigenvalue weighted by Gasteiger charge is 2.15. The fourth-order valence-corrected chi connectivity index (χ4v) is 1.61. The molecule has 0 fully saturated rings. The van der Waals surface area contributed by atoms with Crippen LogP contribution in [0, 0.1) is 6.92 Å². The van der Waals surface area contributed by atoms with Crippen molar-refractivity contribution in [3.8, 4) is 17.0 Å². The van der Waals surface area contributed by atoms with Gasteiger partial charge in [-0.25, -0.2) is 4.79 Å². The predicted molar refractivity (Wildman–Crippen MR) is 60.3 cm³/mol. The molecule has 0 aliphatic carbocycles. The number of phenolic OH excluding ortho intramolecular Hbond substituents is 1. The van der Waals surface area contributed by atoms with Crippen LogP contribution in [0.1, 0.15) is 16.1 Å². The number of carbonyl (C=O) groups is 1. The number of aryl methyl sites for hydroxylation is 1. The molecule has 0 unspecified atom stereocenters. The molecule has 6 heteroatoms. The highest BCUT2D eigenvalue weighted by atomic mass is 35.5. The quantitative estimate of drug-likeness (QED) is 0.860. The van der Waals surface area contributed by atoms with E-state index in [0.29, 0.717) is 11.3 Å². The molecule has 2 rings (SSSR count). The maximum absolute atomic E-state index is 10.7. The van der Waals surface area contributed by atoms with Gasteiger partial charge >= 0.3 is 5.97 Å². The van der Waals surface area contributed by atoms with Crippen molar-refractivity contribution in [1.82, 2.24) is 5.16 Å². The number of rotatable bonds is 2. The first-order chi connectivity index (χ1) is 7.99. The molecular formula is C11H8ClNO4. The van der Waals surface area contributed by atoms with Crippen molar-refractivity contribution >= 4 is 17.6 Å². The van der Waals surface area contributed by atoms with Crippen LogP contribution in [-0.4, -0.2) is 21.3 Å². The van der Waals surface area contributed by atoms with Crippen molar-refractivity contribution in [3.63, 3.8) is 0 Å². The number of aromatic carboxylic acids is 1. The zero-order valence-corrected chi connectivity index (χ0v) is 9.52. The minimum absolute atomic E-state index is 0.0325. The smallest absolute Gasteiger partial charge is 0.374 e. The van der Waals surface area contributed by atoms with Gasteiger partial charge in [-0.2, -0.15) is 0 Å². The van der Waals surface area contributed by atoms with E-state index in [2.05, 4.69) is 9.68 Å². The summed E-state index contributed by atoms with van der Waals surface area (Å²) < 4.78 is 4.65. The summed E-state index contributed by atoms with van der Waals surface area (Å²) in [5, 5.41) is 21.9. The van der Waals surface area contributed by atoms with E-state index in [-0.39, 0.29) is 16.5 Å². The molecule has 0 aliphatic rings. The van der Waals surface area contributed by atoms with Crippen molar-refractivity contribution in [2.75, 3.05) is 0 Å². The van der Waals surface area contributed by atoms with Gasteiger partial charge in [0.2, 0.25) is 5.76 Å². The molecule has 1 aromatic heterocycles. The van der Waals surface area contributed by atoms with Crippen molar-refractivity contribution in [2.24, 2.45) is 0 Å². The summed E-state index contributed by atoms with van der Waals surface area (Å²) >= 11 is 5.78. The fraction of sp³-hybridized carbons (Fsp3) is 0.0909. The van der Waals surface area contributed by atoms with Gasteiger partial charge in [-0.15, -0.1) is 0 Å². The van der Waals surface area contributed by atoms with E-state index in [1.165, 1.54) is 18.2 Å². The molecule has 5 nitrogen and oxygen atoms in total. The first-order valence-corrected chi connectivity index (χ1v) is 5.06. The van der Waals surface area contributed by atoms with Gasteiger partial charge in [0, 0.05) is 11.6 Å². The molecule has 2 N–H and O–H groups in total. The second-order valence-corrected chi connectivity index (χ2v) is 3.91. The average Bonchev–Trinajstić information content (AvgIpc) is 2.72. The normalized spacial score (nSPS) is 10.5. The molecule has 0 aliphatic heterocycles. The third-order valence-electron chi connectivity index (χ3n) is 2.29. The first-order valence-electron chi connectivity index (χ1n) is 4.68. The molecule has 0 saturated heterocycles. The maximum Gasteiger partial charge on any atom is 0.374 e. The molecule has 0 atom stereocenters. The molecule has 1 heterocycles. The molecular weight excluding hydrogens is 246 g/mol. The van der Waals surface area contributed by atoms with Crippen LogP contribution in [-0.2, 0) is 0 Å². The molecule has 0 radical (unpaired) electrons. The number of carboxylic acid groups (broad SMARTS) is 1. The summed E-state index contributed by atoms with van der Waals surface area (Å²) in [6.07, 6.45) is 0. The largest absolute Gasteiger partial charge is 0.506 e. The van der Waals surface area contributed by atoms with Crippen LogP contribution in [0.25, 0.3) is 11.3 Å². The Hall–Kier alpha value is -2.01. The number of hydrogen-bond donors (Lipinski definition) is 2. The Balaban J connectivity index is 2.52. The predicted octanol–water partition coefficient (Wildman–Crippen LogP) is 2.71. The van der Waals surface area contributed by atoms with Gasteiger partial charge in [0.25, 0.3) is 0 Å². The third-order valence-corrected chi connectivity index (χ3v) is 2.59. The van der Waals surface area contributed by atoms with Crippen LogP contribution in [0.5, 0.6) is 5.75 Å². The fourth-order valence-electron chi connectivity index (χ4n) is 1.45. The van der Waals surface area contributed by atoms with Gasteiger partial charge in [-0.3, -0.25) is 0 Å². The van der Waals surface area contributed by atoms with Gasteiger partial charge in [-0.1, -0.05) is 16.8 Å². The zero-order chi connectivity index (χ0) is 12.6. The topological polar surface area (TPSA) is 83.6 Å². The van der Waals surface area contributed by atoms with Gasteiger partial charge in [0.1, 0.15) is 11.4 Å². The number of aromatic nitrogens is 1. The van der Waals surface area contributed by atoms with E-state index in [0.717, 1.165) is 5.56 Å². The standard InChI is InChI=1S/C11H8ClNO4/c1-5-2-9(14)7(12)3-6(5)8-4-10(11(15)16)17-13-8/h2-4,14H,1H3,(H,15,16). The van der Waals surface area contributed by atoms with Crippen LogP contribution >= 0.6 is 11.6 Å². The minimum atomic E-state index is -1.19. The summed E-state index contributed by atoms with van der Waals surface area (Å²) in [7, 11) is 0. The van der Waals surface area contributed by atoms with Crippen molar-refractivity contribution in [3.05, 3.63) is 34.5 Å². The second-order valence-electron chi connectivity index (χ2n) is 3.50. The summed E-state index contributed by atoms with van der Waals surface area (Å²) in [6, 6.07) is 4.29. The van der Waals surface area contributed by atoms with E-state index >= 15 is 0 Å². The Bertz CT molecular complexity index is 591. The maximum atomic E-state index is 10.7. The Kier molecular flexibility index (Phi) is 2.77. The van der Waals surface area contributed by atoms with Gasteiger partial charge < -0.3 is 14.7 Å². The second kappa shape index (κ2) is 4.10. The molecule has 88 valence electrons. The highest BCUT2D eigenvalue weighted by molar-refractivity contribution is 6.32. The van der Waals surface area contributed by atoms with Crippen LogP contribution in [0.3, 0.4) is 0 Å². The lowest BCUT2D eigenvalue weighted by Crippen LogP contribution is -1.91. The Morgan fingerprint density at radius 2 is 2.12 bits per heavy atom. The molecule has 0 saturated carbocycles. The molecule has 0 bridgehead atoms. The van der Waals surface area contributed by atoms with E-state index < -0.39 is 5.97 Å². The van der Waals surface area contributed by atoms with E-state index in [1.54, 1.807) is 6.92 Å². The third kappa shape index (κ3) is 2.09. The molecule has 2 aromatic rings. The molecule has 17 heavy (non-hydrogen) atoms. The molecule has 0 spiro atoms. The Labute approximate surface area is 101 Å². The lowest BCUT2D eigenvalue weighted by molar-refractivity contribution is 0.0652. The first kappa shape index (κ1) is 11.5. The Morgan fingerprint density at radius 1 is 1.41 bits per heavy atom. The number of aromatic hydroxyl groups is 1. The van der Waals surface area contributed by atoms with Gasteiger partial charge in [-0.05, 0) is 24.6 Å². The number of nitrogens with zero attached hydrogens (tertiary/aromatic N) is 1. The van der Waals surface area contributed by atoms with Crippen molar-refractivity contribution in [2.45, 2.75) is 6.92 Å². The average molecular weight is 254 g/mol. The summed E-state index contributed by atoms with van der Waals surface area (Å²) in [5.74, 6) is -1.47. The highest BCUT2D eigenvalue weighted by Crippen LogP contribution is 2.32. The van der Waals surface area contributed by atoms with E-state index in [4.69, 9.17) is 16.7 Å². The van der Waals surface area contributed by atoms with Crippen molar-refractivity contribution < 1.29 is 19.5 Å². The summed E-state index contributed by atoms with van der Waals surface area (Å²) in [4.78, 5) is 10.7. The van der Waals surface area contributed by atoms with Crippen LogP contribution < -0.4 is 0 Å². The molecule has 1 aromatic carbocycles. The lowest BCUT2D eigenvalue weighted by Gasteiger charge is -2.04. The number of hydrogen-bond acceptors (Lipinski definition) is 4. The van der Waals surface area contributed by atoms with Crippen LogP contribution in [0.4, 0.5) is 0 Å². The van der Waals surface area contributed by atoms with Gasteiger partial charge in [0.05, 0.1) is 5.02 Å². The minimum Gasteiger partial charge on any atom is -0.506 e. The number of phenols is 1. The van der Waals surface area contributed by atoms with E-state index in [9.17, 15) is 9.90 Å². The zero-order valence-electron chi connectivity index (χ0n) is 8.77. The van der Waals surface area contributed by atoms with E-state index in [1.807, 2.05) is 0 Å². The van der Waals surface area contributed by atoms with Crippen molar-refractivity contribution in [1.29, 1.82) is 0 Å². The number of carboxylic acids is 1. The van der Waals surface area contributed by atoms with Crippen LogP contribution in [0.2, 0.25) is 5.02 Å². The number of benzene rings is 1. The SMILES string of the molecule is Cc1cc(O)c(Cl)cc1-c1cc(C(=O)O)on1. The summed E-state index contributed by atoms with van der Waals surface area (Å²) in [5.41, 5.74) is 1.70. The monoisotopic (exact) mass is 253 g/mol. The van der Waals surface area contributed by atoms with Crippen LogP contribution in [0.15, 0.2) is 22.7 Å². The lowest BCUT2D eigenvalue weighted by atomic mass is 10.1. The summed E-state index contributed by atoms with van der Waals surface area (Å²) in [6.45, 7) is 1.75. The molecule has 0 amide bonds. The number of halogens is 1. The Morgan fingerprint density at radius 3 is 2.71 bits per heavy atom.